The number of rotatable bonds is 7. The Balaban J connectivity index is 1.97. The van der Waals surface area contributed by atoms with E-state index in [1.54, 1.807) is 18.0 Å². The Bertz CT molecular complexity index is 655. The SMILES string of the molecule is COc1cccc(SCC(=O)N(Cc2cnn(C)c2)C(C)C)c1. The Morgan fingerprint density at radius 3 is 2.83 bits per heavy atom. The highest BCUT2D eigenvalue weighted by Crippen LogP contribution is 2.23. The zero-order valence-corrected chi connectivity index (χ0v) is 14.8. The first kappa shape index (κ1) is 17.4. The lowest BCUT2D eigenvalue weighted by Gasteiger charge is -2.26. The van der Waals surface area contributed by atoms with E-state index in [1.807, 2.05) is 56.3 Å². The number of amides is 1. The summed E-state index contributed by atoms with van der Waals surface area (Å²) < 4.78 is 6.96. The number of carbonyl (C=O) groups is 1. The fourth-order valence-electron chi connectivity index (χ4n) is 2.23. The van der Waals surface area contributed by atoms with Gasteiger partial charge < -0.3 is 9.64 Å². The molecule has 0 aliphatic rings. The van der Waals surface area contributed by atoms with Gasteiger partial charge in [-0.15, -0.1) is 11.8 Å². The molecule has 23 heavy (non-hydrogen) atoms. The van der Waals surface area contributed by atoms with Crippen molar-refractivity contribution in [3.63, 3.8) is 0 Å². The zero-order valence-electron chi connectivity index (χ0n) is 14.0. The standard InChI is InChI=1S/C17H23N3O2S/c1-13(2)20(11-14-9-18-19(3)10-14)17(21)12-23-16-7-5-6-15(8-16)22-4/h5-10,13H,11-12H2,1-4H3. The van der Waals surface area contributed by atoms with Gasteiger partial charge in [0.05, 0.1) is 19.1 Å². The number of hydrogen-bond donors (Lipinski definition) is 0. The van der Waals surface area contributed by atoms with E-state index in [2.05, 4.69) is 5.10 Å². The number of nitrogens with zero attached hydrogens (tertiary/aromatic N) is 3. The van der Waals surface area contributed by atoms with Crippen LogP contribution >= 0.6 is 11.8 Å². The minimum Gasteiger partial charge on any atom is -0.497 e. The van der Waals surface area contributed by atoms with Crippen LogP contribution in [0.5, 0.6) is 5.75 Å². The largest absolute Gasteiger partial charge is 0.497 e. The quantitative estimate of drug-likeness (QED) is 0.731. The summed E-state index contributed by atoms with van der Waals surface area (Å²) in [6, 6.07) is 7.91. The Kier molecular flexibility index (Phi) is 6.10. The second-order valence-corrected chi connectivity index (χ2v) is 6.65. The van der Waals surface area contributed by atoms with Gasteiger partial charge in [0.1, 0.15) is 5.75 Å². The second-order valence-electron chi connectivity index (χ2n) is 5.61. The molecule has 0 aliphatic heterocycles. The molecule has 0 unspecified atom stereocenters. The molecule has 2 aromatic rings. The van der Waals surface area contributed by atoms with Crippen LogP contribution in [-0.4, -0.2) is 39.5 Å². The number of ether oxygens (including phenoxy) is 1. The van der Waals surface area contributed by atoms with Gasteiger partial charge in [0.25, 0.3) is 0 Å². The lowest BCUT2D eigenvalue weighted by atomic mass is 10.2. The van der Waals surface area contributed by atoms with Gasteiger partial charge in [-0.1, -0.05) is 6.07 Å². The van der Waals surface area contributed by atoms with E-state index in [1.165, 1.54) is 11.8 Å². The highest BCUT2D eigenvalue weighted by molar-refractivity contribution is 8.00. The molecule has 1 amide bonds. The number of aromatic nitrogens is 2. The molecule has 0 spiro atoms. The van der Waals surface area contributed by atoms with Gasteiger partial charge in [-0.05, 0) is 32.0 Å². The van der Waals surface area contributed by atoms with Crippen LogP contribution in [0.1, 0.15) is 19.4 Å². The van der Waals surface area contributed by atoms with E-state index >= 15 is 0 Å². The Labute approximate surface area is 141 Å². The summed E-state index contributed by atoms with van der Waals surface area (Å²) in [4.78, 5) is 15.5. The number of methoxy groups -OCH3 is 1. The van der Waals surface area contributed by atoms with Crippen molar-refractivity contribution in [2.24, 2.45) is 7.05 Å². The predicted octanol–water partition coefficient (Wildman–Crippen LogP) is 2.96. The number of aryl methyl sites for hydroxylation is 1. The molecule has 1 aromatic carbocycles. The van der Waals surface area contributed by atoms with Crippen molar-refractivity contribution in [2.75, 3.05) is 12.9 Å². The van der Waals surface area contributed by atoms with Crippen LogP contribution in [-0.2, 0) is 18.4 Å². The topological polar surface area (TPSA) is 47.4 Å². The molecular weight excluding hydrogens is 310 g/mol. The number of thioether (sulfide) groups is 1. The summed E-state index contributed by atoms with van der Waals surface area (Å²) >= 11 is 1.53. The van der Waals surface area contributed by atoms with E-state index in [-0.39, 0.29) is 11.9 Å². The van der Waals surface area contributed by atoms with Crippen LogP contribution in [0.25, 0.3) is 0 Å². The van der Waals surface area contributed by atoms with Gasteiger partial charge in [-0.25, -0.2) is 0 Å². The fraction of sp³-hybridized carbons (Fsp3) is 0.412. The van der Waals surface area contributed by atoms with Crippen molar-refractivity contribution in [2.45, 2.75) is 31.3 Å². The smallest absolute Gasteiger partial charge is 0.233 e. The molecule has 6 heteroatoms. The predicted molar refractivity (Wildman–Crippen MR) is 92.6 cm³/mol. The average Bonchev–Trinajstić information content (AvgIpc) is 2.95. The first-order valence-electron chi connectivity index (χ1n) is 7.53. The highest BCUT2D eigenvalue weighted by Gasteiger charge is 2.18. The third-order valence-electron chi connectivity index (χ3n) is 3.46. The summed E-state index contributed by atoms with van der Waals surface area (Å²) in [5, 5.41) is 4.16. The van der Waals surface area contributed by atoms with E-state index < -0.39 is 0 Å². The molecule has 0 N–H and O–H groups in total. The van der Waals surface area contributed by atoms with E-state index in [0.29, 0.717) is 12.3 Å². The Morgan fingerprint density at radius 2 is 2.22 bits per heavy atom. The van der Waals surface area contributed by atoms with Gasteiger partial charge in [0.15, 0.2) is 0 Å². The molecule has 0 atom stereocenters. The number of benzene rings is 1. The highest BCUT2D eigenvalue weighted by atomic mass is 32.2. The maximum absolute atomic E-state index is 12.6. The third kappa shape index (κ3) is 5.03. The molecule has 5 nitrogen and oxygen atoms in total. The monoisotopic (exact) mass is 333 g/mol. The summed E-state index contributed by atoms with van der Waals surface area (Å²) in [5.41, 5.74) is 1.04. The molecule has 0 saturated heterocycles. The summed E-state index contributed by atoms with van der Waals surface area (Å²) in [7, 11) is 3.52. The second kappa shape index (κ2) is 8.06. The molecule has 0 saturated carbocycles. The molecule has 0 fully saturated rings. The van der Waals surface area contributed by atoms with Crippen molar-refractivity contribution in [3.05, 3.63) is 42.2 Å². The van der Waals surface area contributed by atoms with Crippen molar-refractivity contribution >= 4 is 17.7 Å². The maximum atomic E-state index is 12.6. The Morgan fingerprint density at radius 1 is 1.43 bits per heavy atom. The van der Waals surface area contributed by atoms with Gasteiger partial charge in [0, 0.05) is 36.3 Å². The lowest BCUT2D eigenvalue weighted by molar-refractivity contribution is -0.130. The zero-order chi connectivity index (χ0) is 16.8. The minimum atomic E-state index is 0.122. The first-order valence-corrected chi connectivity index (χ1v) is 8.52. The molecule has 1 heterocycles. The van der Waals surface area contributed by atoms with Crippen LogP contribution in [0.15, 0.2) is 41.6 Å². The molecule has 1 aromatic heterocycles. The van der Waals surface area contributed by atoms with Crippen LogP contribution < -0.4 is 4.74 Å². The molecule has 2 rings (SSSR count). The lowest BCUT2D eigenvalue weighted by Crippen LogP contribution is -2.37. The fourth-order valence-corrected chi connectivity index (χ4v) is 3.06. The van der Waals surface area contributed by atoms with Gasteiger partial charge >= 0.3 is 0 Å². The average molecular weight is 333 g/mol. The molecular formula is C17H23N3O2S. The van der Waals surface area contributed by atoms with Gasteiger partial charge in [-0.2, -0.15) is 5.10 Å². The first-order chi connectivity index (χ1) is 11.0. The number of hydrogen-bond acceptors (Lipinski definition) is 4. The number of carbonyl (C=O) groups excluding carboxylic acids is 1. The molecule has 0 aliphatic carbocycles. The van der Waals surface area contributed by atoms with Crippen LogP contribution in [0.2, 0.25) is 0 Å². The van der Waals surface area contributed by atoms with E-state index in [4.69, 9.17) is 4.74 Å². The van der Waals surface area contributed by atoms with Gasteiger partial charge in [-0.3, -0.25) is 9.48 Å². The third-order valence-corrected chi connectivity index (χ3v) is 4.44. The minimum absolute atomic E-state index is 0.122. The molecule has 0 bridgehead atoms. The van der Waals surface area contributed by atoms with Crippen molar-refractivity contribution in [1.82, 2.24) is 14.7 Å². The van der Waals surface area contributed by atoms with Gasteiger partial charge in [0.2, 0.25) is 5.91 Å². The van der Waals surface area contributed by atoms with Crippen LogP contribution in [0.3, 0.4) is 0 Å². The molecule has 124 valence electrons. The normalized spacial score (nSPS) is 10.8. The Hall–Kier alpha value is -1.95. The molecule has 0 radical (unpaired) electrons. The summed E-state index contributed by atoms with van der Waals surface area (Å²) in [5.74, 6) is 1.33. The van der Waals surface area contributed by atoms with E-state index in [0.717, 1.165) is 16.2 Å². The maximum Gasteiger partial charge on any atom is 0.233 e. The van der Waals surface area contributed by atoms with Crippen molar-refractivity contribution in [3.8, 4) is 5.75 Å². The van der Waals surface area contributed by atoms with Crippen LogP contribution in [0.4, 0.5) is 0 Å². The van der Waals surface area contributed by atoms with Crippen molar-refractivity contribution in [1.29, 1.82) is 0 Å². The van der Waals surface area contributed by atoms with E-state index in [9.17, 15) is 4.79 Å². The summed E-state index contributed by atoms with van der Waals surface area (Å²) in [6.45, 7) is 4.65. The summed E-state index contributed by atoms with van der Waals surface area (Å²) in [6.07, 6.45) is 3.75. The van der Waals surface area contributed by atoms with Crippen molar-refractivity contribution < 1.29 is 9.53 Å². The van der Waals surface area contributed by atoms with Crippen LogP contribution in [0, 0.1) is 0 Å².